The summed E-state index contributed by atoms with van der Waals surface area (Å²) in [6.45, 7) is 0.436. The van der Waals surface area contributed by atoms with E-state index in [-0.39, 0.29) is 17.4 Å². The summed E-state index contributed by atoms with van der Waals surface area (Å²) in [5.74, 6) is -0.113. The summed E-state index contributed by atoms with van der Waals surface area (Å²) in [7, 11) is 0. The molecular weight excluding hydrogens is 295 g/mol. The average Bonchev–Trinajstić information content (AvgIpc) is 3.07. The predicted octanol–water partition coefficient (Wildman–Crippen LogP) is 3.45. The fourth-order valence-electron chi connectivity index (χ4n) is 2.26. The Hall–Kier alpha value is -2.95. The van der Waals surface area contributed by atoms with Crippen LogP contribution >= 0.6 is 0 Å². The number of hydrogen-bond donors (Lipinski definition) is 1. The molecule has 0 unspecified atom stereocenters. The van der Waals surface area contributed by atoms with Gasteiger partial charge in [0.2, 0.25) is 0 Å². The number of rotatable bonds is 5. The molecule has 0 fully saturated rings. The lowest BCUT2D eigenvalue weighted by Gasteiger charge is -2.05. The highest BCUT2D eigenvalue weighted by Gasteiger charge is 2.17. The number of halogens is 1. The summed E-state index contributed by atoms with van der Waals surface area (Å²) < 4.78 is 18.2. The zero-order valence-corrected chi connectivity index (χ0v) is 12.3. The molecule has 3 aromatic rings. The Kier molecular flexibility index (Phi) is 4.47. The van der Waals surface area contributed by atoms with E-state index >= 15 is 0 Å². The van der Waals surface area contributed by atoms with E-state index in [1.807, 2.05) is 30.3 Å². The van der Waals surface area contributed by atoms with E-state index in [9.17, 15) is 9.18 Å². The molecule has 0 radical (unpaired) electrons. The van der Waals surface area contributed by atoms with Gasteiger partial charge in [-0.25, -0.2) is 9.37 Å². The summed E-state index contributed by atoms with van der Waals surface area (Å²) in [6, 6.07) is 15.6. The van der Waals surface area contributed by atoms with Crippen molar-refractivity contribution in [2.45, 2.75) is 6.42 Å². The van der Waals surface area contributed by atoms with E-state index in [0.29, 0.717) is 18.7 Å². The molecule has 0 spiro atoms. The first-order valence-electron chi connectivity index (χ1n) is 7.25. The molecule has 0 aliphatic carbocycles. The van der Waals surface area contributed by atoms with Crippen LogP contribution in [0.3, 0.4) is 0 Å². The quantitative estimate of drug-likeness (QED) is 0.785. The number of nitrogens with one attached hydrogen (secondary N) is 1. The topological polar surface area (TPSA) is 55.1 Å². The monoisotopic (exact) mass is 310 g/mol. The van der Waals surface area contributed by atoms with Crippen LogP contribution in [0.1, 0.15) is 16.1 Å². The summed E-state index contributed by atoms with van der Waals surface area (Å²) >= 11 is 0. The highest BCUT2D eigenvalue weighted by atomic mass is 19.1. The Morgan fingerprint density at radius 1 is 1.09 bits per heavy atom. The van der Waals surface area contributed by atoms with Crippen molar-refractivity contribution in [2.75, 3.05) is 6.54 Å². The van der Waals surface area contributed by atoms with E-state index in [1.165, 1.54) is 18.5 Å². The molecule has 2 aromatic carbocycles. The Morgan fingerprint density at radius 3 is 2.57 bits per heavy atom. The van der Waals surface area contributed by atoms with Crippen LogP contribution in [0.5, 0.6) is 0 Å². The van der Waals surface area contributed by atoms with Gasteiger partial charge in [-0.2, -0.15) is 0 Å². The molecule has 0 bridgehead atoms. The zero-order valence-electron chi connectivity index (χ0n) is 12.3. The lowest BCUT2D eigenvalue weighted by molar-refractivity contribution is 0.0950. The van der Waals surface area contributed by atoms with Crippen molar-refractivity contribution >= 4 is 5.91 Å². The summed E-state index contributed by atoms with van der Waals surface area (Å²) in [6.07, 6.45) is 1.88. The van der Waals surface area contributed by atoms with Crippen LogP contribution in [0.2, 0.25) is 0 Å². The minimum Gasteiger partial charge on any atom is -0.443 e. The van der Waals surface area contributed by atoms with Crippen LogP contribution in [0.25, 0.3) is 11.3 Å². The first-order chi connectivity index (χ1) is 11.2. The molecule has 116 valence electrons. The normalized spacial score (nSPS) is 10.5. The maximum atomic E-state index is 12.8. The zero-order chi connectivity index (χ0) is 16.1. The molecule has 0 saturated heterocycles. The average molecular weight is 310 g/mol. The van der Waals surface area contributed by atoms with Crippen molar-refractivity contribution in [3.63, 3.8) is 0 Å². The minimum atomic E-state index is -0.292. The number of benzene rings is 2. The van der Waals surface area contributed by atoms with Crippen LogP contribution in [0, 0.1) is 5.82 Å². The molecule has 0 aliphatic heterocycles. The van der Waals surface area contributed by atoms with Gasteiger partial charge < -0.3 is 9.73 Å². The summed E-state index contributed by atoms with van der Waals surface area (Å²) in [4.78, 5) is 16.3. The second kappa shape index (κ2) is 6.87. The molecule has 0 saturated carbocycles. The molecule has 1 N–H and O–H groups in total. The van der Waals surface area contributed by atoms with Gasteiger partial charge in [-0.3, -0.25) is 4.79 Å². The Labute approximate surface area is 133 Å². The number of oxazole rings is 1. The van der Waals surface area contributed by atoms with Gasteiger partial charge in [0.15, 0.2) is 17.8 Å². The highest BCUT2D eigenvalue weighted by molar-refractivity contribution is 5.97. The molecule has 0 atom stereocenters. The Bertz CT molecular complexity index is 782. The molecule has 4 nitrogen and oxygen atoms in total. The van der Waals surface area contributed by atoms with Crippen molar-refractivity contribution in [3.05, 3.63) is 78.1 Å². The third-order valence-corrected chi connectivity index (χ3v) is 3.43. The standard InChI is InChI=1S/C18H15FN2O2/c19-15-8-6-13(7-9-15)10-11-20-18(22)16-17(23-12-21-16)14-4-2-1-3-5-14/h1-9,12H,10-11H2,(H,20,22). The maximum Gasteiger partial charge on any atom is 0.273 e. The van der Waals surface area contributed by atoms with E-state index in [0.717, 1.165) is 11.1 Å². The third-order valence-electron chi connectivity index (χ3n) is 3.43. The molecule has 5 heteroatoms. The number of aromatic nitrogens is 1. The number of carbonyl (C=O) groups is 1. The van der Waals surface area contributed by atoms with Gasteiger partial charge in [0, 0.05) is 12.1 Å². The van der Waals surface area contributed by atoms with Gasteiger partial charge in [-0.05, 0) is 24.1 Å². The van der Waals surface area contributed by atoms with Gasteiger partial charge >= 0.3 is 0 Å². The largest absolute Gasteiger partial charge is 0.443 e. The van der Waals surface area contributed by atoms with Crippen molar-refractivity contribution in [1.29, 1.82) is 0 Å². The lowest BCUT2D eigenvalue weighted by Crippen LogP contribution is -2.26. The fraction of sp³-hybridized carbons (Fsp3) is 0.111. The third kappa shape index (κ3) is 3.63. The van der Waals surface area contributed by atoms with Crippen LogP contribution in [-0.4, -0.2) is 17.4 Å². The fourth-order valence-corrected chi connectivity index (χ4v) is 2.26. The predicted molar refractivity (Wildman–Crippen MR) is 84.4 cm³/mol. The molecule has 23 heavy (non-hydrogen) atoms. The van der Waals surface area contributed by atoms with Gasteiger partial charge in [-0.1, -0.05) is 42.5 Å². The number of carbonyl (C=O) groups excluding carboxylic acids is 1. The van der Waals surface area contributed by atoms with Crippen LogP contribution < -0.4 is 5.32 Å². The van der Waals surface area contributed by atoms with Crippen molar-refractivity contribution in [1.82, 2.24) is 10.3 Å². The smallest absolute Gasteiger partial charge is 0.273 e. The Morgan fingerprint density at radius 2 is 1.83 bits per heavy atom. The van der Waals surface area contributed by atoms with Gasteiger partial charge in [0.1, 0.15) is 5.82 Å². The number of nitrogens with zero attached hydrogens (tertiary/aromatic N) is 1. The minimum absolute atomic E-state index is 0.260. The van der Waals surface area contributed by atoms with Gasteiger partial charge in [-0.15, -0.1) is 0 Å². The second-order valence-corrected chi connectivity index (χ2v) is 5.03. The van der Waals surface area contributed by atoms with E-state index < -0.39 is 0 Å². The maximum absolute atomic E-state index is 12.8. The summed E-state index contributed by atoms with van der Waals surface area (Å²) in [5.41, 5.74) is 2.01. The SMILES string of the molecule is O=C(NCCc1ccc(F)cc1)c1ncoc1-c1ccccc1. The molecule has 1 amide bonds. The van der Waals surface area contributed by atoms with E-state index in [4.69, 9.17) is 4.42 Å². The van der Waals surface area contributed by atoms with Crippen LogP contribution in [0.15, 0.2) is 65.4 Å². The first kappa shape index (κ1) is 15.0. The van der Waals surface area contributed by atoms with Gasteiger partial charge in [0.25, 0.3) is 5.91 Å². The molecular formula is C18H15FN2O2. The van der Waals surface area contributed by atoms with E-state index in [1.54, 1.807) is 12.1 Å². The second-order valence-electron chi connectivity index (χ2n) is 5.03. The Balaban J connectivity index is 1.63. The van der Waals surface area contributed by atoms with Crippen molar-refractivity contribution in [3.8, 4) is 11.3 Å². The molecule has 1 aromatic heterocycles. The van der Waals surface area contributed by atoms with Crippen molar-refractivity contribution in [2.24, 2.45) is 0 Å². The molecule has 0 aliphatic rings. The molecule has 1 heterocycles. The van der Waals surface area contributed by atoms with E-state index in [2.05, 4.69) is 10.3 Å². The highest BCUT2D eigenvalue weighted by Crippen LogP contribution is 2.22. The molecule has 3 rings (SSSR count). The van der Waals surface area contributed by atoms with Crippen LogP contribution in [0.4, 0.5) is 4.39 Å². The summed E-state index contributed by atoms with van der Waals surface area (Å²) in [5, 5.41) is 2.80. The lowest BCUT2D eigenvalue weighted by atomic mass is 10.1. The van der Waals surface area contributed by atoms with Gasteiger partial charge in [0.05, 0.1) is 0 Å². The number of hydrogen-bond acceptors (Lipinski definition) is 3. The van der Waals surface area contributed by atoms with Crippen molar-refractivity contribution < 1.29 is 13.6 Å². The van der Waals surface area contributed by atoms with Crippen LogP contribution in [-0.2, 0) is 6.42 Å². The number of amides is 1. The first-order valence-corrected chi connectivity index (χ1v) is 7.25.